The van der Waals surface area contributed by atoms with Gasteiger partial charge in [0.25, 0.3) is 10.0 Å². The molecule has 0 aliphatic heterocycles. The number of benzene rings is 2. The maximum atomic E-state index is 12.9. The summed E-state index contributed by atoms with van der Waals surface area (Å²) in [6.45, 7) is 6.97. The fourth-order valence-corrected chi connectivity index (χ4v) is 3.85. The van der Waals surface area contributed by atoms with E-state index >= 15 is 0 Å². The highest BCUT2D eigenvalue weighted by Crippen LogP contribution is 2.27. The molecule has 2 aromatic carbocycles. The van der Waals surface area contributed by atoms with Crippen molar-refractivity contribution in [2.75, 3.05) is 24.1 Å². The molecule has 0 aliphatic rings. The predicted molar refractivity (Wildman–Crippen MR) is 95.4 cm³/mol. The Labute approximate surface area is 143 Å². The topological polar surface area (TPSA) is 55.8 Å². The van der Waals surface area contributed by atoms with Gasteiger partial charge in [0, 0.05) is 12.6 Å². The lowest BCUT2D eigenvalue weighted by atomic mass is 10.3. The molecule has 24 heavy (non-hydrogen) atoms. The molecular weight excluding hydrogens is 326 g/mol. The molecule has 0 radical (unpaired) electrons. The second kappa shape index (κ2) is 8.06. The number of rotatable bonds is 8. The van der Waals surface area contributed by atoms with Crippen LogP contribution >= 0.6 is 0 Å². The number of nitrogens with zero attached hydrogens (tertiary/aromatic N) is 1. The third kappa shape index (κ3) is 4.00. The summed E-state index contributed by atoms with van der Waals surface area (Å²) < 4.78 is 38.1. The van der Waals surface area contributed by atoms with Gasteiger partial charge < -0.3 is 9.47 Å². The van der Waals surface area contributed by atoms with Gasteiger partial charge in [-0.15, -0.1) is 0 Å². The van der Waals surface area contributed by atoms with Crippen LogP contribution in [-0.4, -0.2) is 28.2 Å². The monoisotopic (exact) mass is 349 g/mol. The van der Waals surface area contributed by atoms with E-state index in [4.69, 9.17) is 9.47 Å². The second-order valence-electron chi connectivity index (χ2n) is 5.00. The quantitative estimate of drug-likeness (QED) is 0.729. The Morgan fingerprint density at radius 2 is 1.50 bits per heavy atom. The van der Waals surface area contributed by atoms with Gasteiger partial charge in [0.15, 0.2) is 0 Å². The van der Waals surface area contributed by atoms with E-state index in [0.717, 1.165) is 0 Å². The van der Waals surface area contributed by atoms with Gasteiger partial charge >= 0.3 is 0 Å². The lowest BCUT2D eigenvalue weighted by Crippen LogP contribution is -2.30. The minimum Gasteiger partial charge on any atom is -0.494 e. The molecule has 0 saturated carbocycles. The third-order valence-electron chi connectivity index (χ3n) is 3.43. The van der Waals surface area contributed by atoms with E-state index in [1.807, 2.05) is 19.9 Å². The minimum atomic E-state index is -3.65. The summed E-state index contributed by atoms with van der Waals surface area (Å²) in [6.07, 6.45) is 0. The molecule has 0 atom stereocenters. The third-order valence-corrected chi connectivity index (χ3v) is 5.34. The van der Waals surface area contributed by atoms with E-state index in [1.54, 1.807) is 49.4 Å². The van der Waals surface area contributed by atoms with Crippen molar-refractivity contribution in [1.29, 1.82) is 0 Å². The van der Waals surface area contributed by atoms with E-state index in [9.17, 15) is 8.42 Å². The summed E-state index contributed by atoms with van der Waals surface area (Å²) in [4.78, 5) is 0.231. The van der Waals surface area contributed by atoms with Gasteiger partial charge in [-0.1, -0.05) is 6.07 Å². The summed E-state index contributed by atoms with van der Waals surface area (Å²) in [5.41, 5.74) is 0.581. The summed E-state index contributed by atoms with van der Waals surface area (Å²) in [7, 11) is -3.65. The normalized spacial score (nSPS) is 11.1. The van der Waals surface area contributed by atoms with Crippen molar-refractivity contribution in [2.24, 2.45) is 0 Å². The summed E-state index contributed by atoms with van der Waals surface area (Å²) in [5, 5.41) is 0. The zero-order chi connectivity index (χ0) is 17.6. The number of hydrogen-bond donors (Lipinski definition) is 0. The van der Waals surface area contributed by atoms with Crippen LogP contribution in [0.15, 0.2) is 53.4 Å². The maximum absolute atomic E-state index is 12.9. The van der Waals surface area contributed by atoms with E-state index in [-0.39, 0.29) is 4.90 Å². The molecule has 0 heterocycles. The number of sulfonamides is 1. The van der Waals surface area contributed by atoms with Crippen molar-refractivity contribution >= 4 is 15.7 Å². The van der Waals surface area contributed by atoms with Crippen LogP contribution in [0.1, 0.15) is 20.8 Å². The summed E-state index contributed by atoms with van der Waals surface area (Å²) in [5.74, 6) is 1.30. The second-order valence-corrected chi connectivity index (χ2v) is 6.87. The molecule has 0 unspecified atom stereocenters. The molecule has 0 aliphatic carbocycles. The highest BCUT2D eigenvalue weighted by molar-refractivity contribution is 7.92. The zero-order valence-corrected chi connectivity index (χ0v) is 15.0. The van der Waals surface area contributed by atoms with Crippen molar-refractivity contribution < 1.29 is 17.9 Å². The van der Waals surface area contributed by atoms with Gasteiger partial charge in [-0.2, -0.15) is 0 Å². The molecule has 0 saturated heterocycles. The lowest BCUT2D eigenvalue weighted by molar-refractivity contribution is 0.340. The van der Waals surface area contributed by atoms with E-state index < -0.39 is 10.0 Å². The molecule has 0 spiro atoms. The molecule has 130 valence electrons. The van der Waals surface area contributed by atoms with Crippen molar-refractivity contribution in [2.45, 2.75) is 25.7 Å². The molecule has 0 fully saturated rings. The molecule has 2 aromatic rings. The Morgan fingerprint density at radius 3 is 2.08 bits per heavy atom. The minimum absolute atomic E-state index is 0.231. The Hall–Kier alpha value is -2.21. The van der Waals surface area contributed by atoms with Crippen LogP contribution < -0.4 is 13.8 Å². The summed E-state index contributed by atoms with van der Waals surface area (Å²) >= 11 is 0. The Bertz CT molecular complexity index is 757. The molecule has 0 N–H and O–H groups in total. The van der Waals surface area contributed by atoms with Gasteiger partial charge in [0.2, 0.25) is 0 Å². The summed E-state index contributed by atoms with van der Waals surface area (Å²) in [6, 6.07) is 13.6. The molecule has 0 bridgehead atoms. The van der Waals surface area contributed by atoms with Gasteiger partial charge in [-0.25, -0.2) is 8.42 Å². The lowest BCUT2D eigenvalue weighted by Gasteiger charge is -2.23. The molecule has 0 amide bonds. The first-order chi connectivity index (χ1) is 11.5. The van der Waals surface area contributed by atoms with E-state index in [2.05, 4.69) is 0 Å². The van der Waals surface area contributed by atoms with Gasteiger partial charge in [-0.05, 0) is 57.2 Å². The van der Waals surface area contributed by atoms with Crippen LogP contribution in [-0.2, 0) is 10.0 Å². The Morgan fingerprint density at radius 1 is 0.875 bits per heavy atom. The first kappa shape index (κ1) is 18.1. The maximum Gasteiger partial charge on any atom is 0.264 e. The smallest absolute Gasteiger partial charge is 0.264 e. The number of hydrogen-bond acceptors (Lipinski definition) is 4. The Balaban J connectivity index is 2.35. The van der Waals surface area contributed by atoms with Crippen molar-refractivity contribution in [1.82, 2.24) is 0 Å². The Kier molecular flexibility index (Phi) is 6.09. The average molecular weight is 349 g/mol. The predicted octanol–water partition coefficient (Wildman–Crippen LogP) is 3.70. The fourth-order valence-electron chi connectivity index (χ4n) is 2.39. The van der Waals surface area contributed by atoms with Gasteiger partial charge in [0.05, 0.1) is 23.8 Å². The van der Waals surface area contributed by atoms with Crippen LogP contribution in [0.2, 0.25) is 0 Å². The zero-order valence-electron chi connectivity index (χ0n) is 14.2. The molecule has 5 nitrogen and oxygen atoms in total. The first-order valence-electron chi connectivity index (χ1n) is 8.01. The molecule has 6 heteroatoms. The molecular formula is C18H23NO4S. The molecule has 0 aromatic heterocycles. The van der Waals surface area contributed by atoms with Gasteiger partial charge in [0.1, 0.15) is 11.5 Å². The van der Waals surface area contributed by atoms with Crippen LogP contribution in [0.5, 0.6) is 11.5 Å². The van der Waals surface area contributed by atoms with Gasteiger partial charge in [-0.3, -0.25) is 4.31 Å². The molecule has 2 rings (SSSR count). The van der Waals surface area contributed by atoms with Crippen LogP contribution in [0.4, 0.5) is 5.69 Å². The highest BCUT2D eigenvalue weighted by atomic mass is 32.2. The van der Waals surface area contributed by atoms with Crippen molar-refractivity contribution in [3.05, 3.63) is 48.5 Å². The highest BCUT2D eigenvalue weighted by Gasteiger charge is 2.23. The number of ether oxygens (including phenoxy) is 2. The van der Waals surface area contributed by atoms with Crippen LogP contribution in [0.25, 0.3) is 0 Å². The van der Waals surface area contributed by atoms with E-state index in [0.29, 0.717) is 36.9 Å². The van der Waals surface area contributed by atoms with Crippen molar-refractivity contribution in [3.63, 3.8) is 0 Å². The first-order valence-corrected chi connectivity index (χ1v) is 9.45. The number of anilines is 1. The van der Waals surface area contributed by atoms with Crippen molar-refractivity contribution in [3.8, 4) is 11.5 Å². The standard InChI is InChI=1S/C18H23NO4S/c1-4-19(15-8-7-9-17(14-15)23-6-3)24(20,21)18-12-10-16(11-13-18)22-5-2/h7-14H,4-6H2,1-3H3. The fraction of sp³-hybridized carbons (Fsp3) is 0.333. The largest absolute Gasteiger partial charge is 0.494 e. The van der Waals surface area contributed by atoms with Crippen LogP contribution in [0, 0.1) is 0 Å². The van der Waals surface area contributed by atoms with Crippen LogP contribution in [0.3, 0.4) is 0 Å². The van der Waals surface area contributed by atoms with E-state index in [1.165, 1.54) is 4.31 Å². The average Bonchev–Trinajstić information content (AvgIpc) is 2.57. The SMILES string of the molecule is CCOc1ccc(S(=O)(=O)N(CC)c2cccc(OCC)c2)cc1.